The standard InChI is InChI=1S/C13H27N3O/c1-11(2)15-5-4-13(9-14,10-15)16-6-7-17-12(3)8-16/h11-12H,4-10,14H2,1-3H3. The van der Waals surface area contributed by atoms with Gasteiger partial charge < -0.3 is 10.5 Å². The topological polar surface area (TPSA) is 41.7 Å². The summed E-state index contributed by atoms with van der Waals surface area (Å²) in [6, 6.07) is 0.627. The van der Waals surface area contributed by atoms with E-state index in [1.54, 1.807) is 0 Å². The molecule has 2 N–H and O–H groups in total. The minimum atomic E-state index is 0.197. The van der Waals surface area contributed by atoms with Gasteiger partial charge in [-0.05, 0) is 27.2 Å². The molecule has 0 aromatic rings. The molecule has 2 aliphatic heterocycles. The number of hydrogen-bond acceptors (Lipinski definition) is 4. The molecule has 0 radical (unpaired) electrons. The first kappa shape index (κ1) is 13.3. The van der Waals surface area contributed by atoms with Gasteiger partial charge in [-0.15, -0.1) is 0 Å². The monoisotopic (exact) mass is 241 g/mol. The van der Waals surface area contributed by atoms with Crippen LogP contribution in [0.1, 0.15) is 27.2 Å². The Hall–Kier alpha value is -0.160. The van der Waals surface area contributed by atoms with E-state index in [-0.39, 0.29) is 5.54 Å². The summed E-state index contributed by atoms with van der Waals surface area (Å²) in [6.07, 6.45) is 1.55. The molecule has 2 fully saturated rings. The summed E-state index contributed by atoms with van der Waals surface area (Å²) in [5, 5.41) is 0. The van der Waals surface area contributed by atoms with Crippen LogP contribution in [-0.4, -0.2) is 66.8 Å². The predicted octanol–water partition coefficient (Wildman–Crippen LogP) is 0.519. The van der Waals surface area contributed by atoms with E-state index in [1.165, 1.54) is 13.0 Å². The molecule has 17 heavy (non-hydrogen) atoms. The second kappa shape index (κ2) is 5.22. The van der Waals surface area contributed by atoms with Crippen LogP contribution in [0.15, 0.2) is 0 Å². The molecule has 100 valence electrons. The minimum Gasteiger partial charge on any atom is -0.376 e. The minimum absolute atomic E-state index is 0.197. The van der Waals surface area contributed by atoms with Crippen molar-refractivity contribution in [2.24, 2.45) is 5.73 Å². The average molecular weight is 241 g/mol. The number of hydrogen-bond donors (Lipinski definition) is 1. The van der Waals surface area contributed by atoms with Gasteiger partial charge >= 0.3 is 0 Å². The smallest absolute Gasteiger partial charge is 0.0674 e. The lowest BCUT2D eigenvalue weighted by molar-refractivity contribution is -0.0584. The van der Waals surface area contributed by atoms with Crippen molar-refractivity contribution in [3.05, 3.63) is 0 Å². The Morgan fingerprint density at radius 2 is 2.18 bits per heavy atom. The van der Waals surface area contributed by atoms with Gasteiger partial charge in [0.05, 0.1) is 12.7 Å². The molecule has 4 heteroatoms. The second-order valence-corrected chi connectivity index (χ2v) is 5.87. The third-order valence-electron chi connectivity index (χ3n) is 4.38. The maximum atomic E-state index is 6.10. The van der Waals surface area contributed by atoms with Gasteiger partial charge in [-0.2, -0.15) is 0 Å². The number of likely N-dealkylation sites (tertiary alicyclic amines) is 1. The fourth-order valence-corrected chi connectivity index (χ4v) is 3.13. The van der Waals surface area contributed by atoms with Crippen LogP contribution in [-0.2, 0) is 4.74 Å². The summed E-state index contributed by atoms with van der Waals surface area (Å²) in [7, 11) is 0. The maximum absolute atomic E-state index is 6.10. The van der Waals surface area contributed by atoms with E-state index >= 15 is 0 Å². The molecule has 0 spiro atoms. The van der Waals surface area contributed by atoms with Crippen LogP contribution in [0.25, 0.3) is 0 Å². The van der Waals surface area contributed by atoms with Crippen LogP contribution in [0.4, 0.5) is 0 Å². The Morgan fingerprint density at radius 1 is 1.41 bits per heavy atom. The quantitative estimate of drug-likeness (QED) is 0.782. The van der Waals surface area contributed by atoms with E-state index in [4.69, 9.17) is 10.5 Å². The number of morpholine rings is 1. The highest BCUT2D eigenvalue weighted by Crippen LogP contribution is 2.29. The Kier molecular flexibility index (Phi) is 4.08. The van der Waals surface area contributed by atoms with Gasteiger partial charge in [-0.3, -0.25) is 9.80 Å². The molecule has 0 amide bonds. The first-order valence-electron chi connectivity index (χ1n) is 6.88. The Morgan fingerprint density at radius 3 is 2.71 bits per heavy atom. The summed E-state index contributed by atoms with van der Waals surface area (Å²) in [5.74, 6) is 0. The summed E-state index contributed by atoms with van der Waals surface area (Å²) in [5.41, 5.74) is 6.30. The van der Waals surface area contributed by atoms with Gasteiger partial charge in [-0.25, -0.2) is 0 Å². The molecule has 0 aromatic heterocycles. The van der Waals surface area contributed by atoms with Gasteiger partial charge in [0, 0.05) is 44.3 Å². The zero-order valence-corrected chi connectivity index (χ0v) is 11.5. The van der Waals surface area contributed by atoms with Gasteiger partial charge in [0.15, 0.2) is 0 Å². The molecule has 2 heterocycles. The van der Waals surface area contributed by atoms with Crippen molar-refractivity contribution in [3.63, 3.8) is 0 Å². The van der Waals surface area contributed by atoms with Gasteiger partial charge in [0.2, 0.25) is 0 Å². The fourth-order valence-electron chi connectivity index (χ4n) is 3.13. The van der Waals surface area contributed by atoms with E-state index in [1.807, 2.05) is 0 Å². The zero-order valence-electron chi connectivity index (χ0n) is 11.5. The van der Waals surface area contributed by atoms with Gasteiger partial charge in [-0.1, -0.05) is 0 Å². The number of nitrogens with two attached hydrogens (primary N) is 1. The van der Waals surface area contributed by atoms with Crippen molar-refractivity contribution in [2.45, 2.75) is 44.9 Å². The van der Waals surface area contributed by atoms with Crippen molar-refractivity contribution in [2.75, 3.05) is 39.3 Å². The molecule has 2 atom stereocenters. The first-order chi connectivity index (χ1) is 8.07. The molecule has 2 rings (SSSR count). The van der Waals surface area contributed by atoms with Crippen molar-refractivity contribution in [1.82, 2.24) is 9.80 Å². The van der Waals surface area contributed by atoms with Crippen LogP contribution in [0.5, 0.6) is 0 Å². The SMILES string of the molecule is CC1CN(C2(CN)CCN(C(C)C)C2)CCO1. The molecular weight excluding hydrogens is 214 g/mol. The van der Waals surface area contributed by atoms with E-state index in [0.717, 1.165) is 32.8 Å². The van der Waals surface area contributed by atoms with E-state index in [0.29, 0.717) is 12.1 Å². The molecule has 0 saturated carbocycles. The lowest BCUT2D eigenvalue weighted by atomic mass is 9.95. The summed E-state index contributed by atoms with van der Waals surface area (Å²) >= 11 is 0. The number of rotatable bonds is 3. The second-order valence-electron chi connectivity index (χ2n) is 5.87. The fraction of sp³-hybridized carbons (Fsp3) is 1.00. The highest BCUT2D eigenvalue weighted by Gasteiger charge is 2.43. The lowest BCUT2D eigenvalue weighted by Gasteiger charge is -2.44. The average Bonchev–Trinajstić information content (AvgIpc) is 2.75. The summed E-state index contributed by atoms with van der Waals surface area (Å²) < 4.78 is 5.64. The van der Waals surface area contributed by atoms with Crippen LogP contribution >= 0.6 is 0 Å². The molecule has 0 aromatic carbocycles. The molecule has 4 nitrogen and oxygen atoms in total. The van der Waals surface area contributed by atoms with Crippen molar-refractivity contribution >= 4 is 0 Å². The molecule has 2 saturated heterocycles. The van der Waals surface area contributed by atoms with Crippen molar-refractivity contribution in [1.29, 1.82) is 0 Å². The predicted molar refractivity (Wildman–Crippen MR) is 70.1 cm³/mol. The van der Waals surface area contributed by atoms with Gasteiger partial charge in [0.25, 0.3) is 0 Å². The molecule has 0 bridgehead atoms. The molecule has 2 aliphatic rings. The molecular formula is C13H27N3O. The lowest BCUT2D eigenvalue weighted by Crippen LogP contribution is -2.60. The van der Waals surface area contributed by atoms with Crippen LogP contribution in [0.2, 0.25) is 0 Å². The largest absolute Gasteiger partial charge is 0.376 e. The van der Waals surface area contributed by atoms with E-state index < -0.39 is 0 Å². The van der Waals surface area contributed by atoms with Gasteiger partial charge in [0.1, 0.15) is 0 Å². The summed E-state index contributed by atoms with van der Waals surface area (Å²) in [6.45, 7) is 12.7. The van der Waals surface area contributed by atoms with Crippen LogP contribution < -0.4 is 5.73 Å². The Labute approximate surface area is 105 Å². The number of nitrogens with zero attached hydrogens (tertiary/aromatic N) is 2. The third-order valence-corrected chi connectivity index (χ3v) is 4.38. The third kappa shape index (κ3) is 2.65. The normalized spacial score (nSPS) is 36.9. The summed E-state index contributed by atoms with van der Waals surface area (Å²) in [4.78, 5) is 5.12. The Bertz CT molecular complexity index is 259. The number of ether oxygens (including phenoxy) is 1. The van der Waals surface area contributed by atoms with Crippen LogP contribution in [0, 0.1) is 0 Å². The Balaban J connectivity index is 2.04. The highest BCUT2D eigenvalue weighted by atomic mass is 16.5. The van der Waals surface area contributed by atoms with Crippen molar-refractivity contribution < 1.29 is 4.74 Å². The zero-order chi connectivity index (χ0) is 12.5. The molecule has 0 aliphatic carbocycles. The van der Waals surface area contributed by atoms with Crippen molar-refractivity contribution in [3.8, 4) is 0 Å². The highest BCUT2D eigenvalue weighted by molar-refractivity contribution is 5.01. The van der Waals surface area contributed by atoms with Crippen LogP contribution in [0.3, 0.4) is 0 Å². The molecule has 2 unspecified atom stereocenters. The maximum Gasteiger partial charge on any atom is 0.0674 e. The van der Waals surface area contributed by atoms with E-state index in [2.05, 4.69) is 30.6 Å². The first-order valence-corrected chi connectivity index (χ1v) is 6.88. The van der Waals surface area contributed by atoms with E-state index in [9.17, 15) is 0 Å².